The number of hydrogen-bond donors (Lipinski definition) is 1. The maximum Gasteiger partial charge on any atom is 0.283 e. The summed E-state index contributed by atoms with van der Waals surface area (Å²) in [6, 6.07) is 15.5. The van der Waals surface area contributed by atoms with E-state index < -0.39 is 5.91 Å². The summed E-state index contributed by atoms with van der Waals surface area (Å²) < 4.78 is 13.2. The number of aliphatic imine (C=N–C) groups is 1. The number of hydrazone groups is 1. The van der Waals surface area contributed by atoms with Crippen molar-refractivity contribution in [2.24, 2.45) is 10.1 Å². The molecule has 0 unspecified atom stereocenters. The third kappa shape index (κ3) is 6.09. The first-order valence-corrected chi connectivity index (χ1v) is 14.2. The molecule has 8 nitrogen and oxygen atoms in total. The van der Waals surface area contributed by atoms with Gasteiger partial charge in [-0.1, -0.05) is 50.8 Å². The van der Waals surface area contributed by atoms with Crippen molar-refractivity contribution in [1.29, 1.82) is 5.41 Å². The Bertz CT molecular complexity index is 1460. The van der Waals surface area contributed by atoms with Crippen LogP contribution in [0.5, 0.6) is 11.5 Å². The molecule has 9 heteroatoms. The van der Waals surface area contributed by atoms with Crippen LogP contribution in [0.2, 0.25) is 0 Å². The molecule has 0 atom stereocenters. The number of amides is 1. The standard InChI is InChI=1S/C30H33N5O3S/c1-3-4-5-6-7-12-27-33-35-28(31)25(29(36)32-30(35)39-27)19-21-20-34(26-11-9-8-10-24(21)26)17-18-38-23-15-13-22(37-2)14-16-23/h8-11,13-16,19-20,31H,3-7,12,17-18H2,1-2H3/b25-19-,31-28?. The van der Waals surface area contributed by atoms with E-state index in [0.717, 1.165) is 52.3 Å². The van der Waals surface area contributed by atoms with Gasteiger partial charge >= 0.3 is 0 Å². The molecule has 3 aromatic rings. The highest BCUT2D eigenvalue weighted by Crippen LogP contribution is 2.31. The summed E-state index contributed by atoms with van der Waals surface area (Å²) in [5, 5.41) is 17.3. The first kappa shape index (κ1) is 26.7. The van der Waals surface area contributed by atoms with Crippen LogP contribution in [0.25, 0.3) is 17.0 Å². The number of rotatable bonds is 12. The Hall–Kier alpha value is -3.85. The van der Waals surface area contributed by atoms with E-state index in [2.05, 4.69) is 21.6 Å². The number of methoxy groups -OCH3 is 1. The van der Waals surface area contributed by atoms with Gasteiger partial charge < -0.3 is 14.0 Å². The number of para-hydroxylation sites is 1. The van der Waals surface area contributed by atoms with Crippen LogP contribution < -0.4 is 9.47 Å². The highest BCUT2D eigenvalue weighted by Gasteiger charge is 2.35. The van der Waals surface area contributed by atoms with Gasteiger partial charge in [0.25, 0.3) is 5.91 Å². The van der Waals surface area contributed by atoms with Gasteiger partial charge in [-0.2, -0.15) is 15.1 Å². The summed E-state index contributed by atoms with van der Waals surface area (Å²) in [7, 11) is 1.64. The Morgan fingerprint density at radius 1 is 1.03 bits per heavy atom. The molecule has 0 fully saturated rings. The lowest BCUT2D eigenvalue weighted by Crippen LogP contribution is -2.35. The highest BCUT2D eigenvalue weighted by molar-refractivity contribution is 8.26. The average molecular weight is 544 g/mol. The summed E-state index contributed by atoms with van der Waals surface area (Å²) >= 11 is 1.40. The SMILES string of the molecule is CCCCCCCC1=NN2C(=N)/C(=C/c3cn(CCOc4ccc(OC)cc4)c4ccccc34)C(=O)N=C2S1. The Morgan fingerprint density at radius 3 is 2.59 bits per heavy atom. The minimum atomic E-state index is -0.405. The lowest BCUT2D eigenvalue weighted by atomic mass is 10.1. The molecule has 0 saturated carbocycles. The smallest absolute Gasteiger partial charge is 0.283 e. The molecule has 0 spiro atoms. The number of carbonyl (C=O) groups excluding carboxylic acids is 1. The number of nitrogens with zero attached hydrogens (tertiary/aromatic N) is 4. The van der Waals surface area contributed by atoms with Crippen LogP contribution in [-0.2, 0) is 11.3 Å². The van der Waals surface area contributed by atoms with Crippen molar-refractivity contribution in [2.45, 2.75) is 52.0 Å². The number of ether oxygens (including phenoxy) is 2. The van der Waals surface area contributed by atoms with Crippen LogP contribution in [0.3, 0.4) is 0 Å². The van der Waals surface area contributed by atoms with Crippen molar-refractivity contribution in [2.75, 3.05) is 13.7 Å². The van der Waals surface area contributed by atoms with Crippen molar-refractivity contribution >= 4 is 50.7 Å². The van der Waals surface area contributed by atoms with E-state index in [1.807, 2.05) is 54.7 Å². The number of unbranched alkanes of at least 4 members (excludes halogenated alkanes) is 4. The van der Waals surface area contributed by atoms with Crippen LogP contribution in [0.1, 0.15) is 51.0 Å². The van der Waals surface area contributed by atoms with Crippen molar-refractivity contribution in [3.63, 3.8) is 0 Å². The number of carbonyl (C=O) groups is 1. The third-order valence-electron chi connectivity index (χ3n) is 6.77. The molecule has 5 rings (SSSR count). The van der Waals surface area contributed by atoms with Gasteiger partial charge in [-0.05, 0) is 61.0 Å². The quantitative estimate of drug-likeness (QED) is 0.202. The average Bonchev–Trinajstić information content (AvgIpc) is 3.52. The van der Waals surface area contributed by atoms with Gasteiger partial charge in [-0.15, -0.1) is 0 Å². The first-order valence-electron chi connectivity index (χ1n) is 13.4. The third-order valence-corrected chi connectivity index (χ3v) is 7.74. The summed E-state index contributed by atoms with van der Waals surface area (Å²) in [4.78, 5) is 17.3. The van der Waals surface area contributed by atoms with E-state index in [9.17, 15) is 4.79 Å². The van der Waals surface area contributed by atoms with Gasteiger partial charge in [-0.25, -0.2) is 0 Å². The first-order chi connectivity index (χ1) is 19.1. The molecule has 1 N–H and O–H groups in total. The van der Waals surface area contributed by atoms with E-state index in [4.69, 9.17) is 14.9 Å². The number of fused-ring (bicyclic) bond motifs is 2. The van der Waals surface area contributed by atoms with E-state index in [-0.39, 0.29) is 11.4 Å². The zero-order valence-corrected chi connectivity index (χ0v) is 23.2. The van der Waals surface area contributed by atoms with E-state index >= 15 is 0 Å². The molecule has 0 bridgehead atoms. The molecule has 1 aromatic heterocycles. The van der Waals surface area contributed by atoms with Crippen molar-refractivity contribution in [1.82, 2.24) is 9.58 Å². The fraction of sp³-hybridized carbons (Fsp3) is 0.333. The van der Waals surface area contributed by atoms with Crippen molar-refractivity contribution in [3.05, 3.63) is 65.9 Å². The number of nitrogens with one attached hydrogen (secondary N) is 1. The summed E-state index contributed by atoms with van der Waals surface area (Å²) in [6.07, 6.45) is 10.5. The molecule has 3 heterocycles. The lowest BCUT2D eigenvalue weighted by molar-refractivity contribution is -0.114. The summed E-state index contributed by atoms with van der Waals surface area (Å²) in [5.74, 6) is 1.22. The monoisotopic (exact) mass is 543 g/mol. The molecular weight excluding hydrogens is 510 g/mol. The second-order valence-corrected chi connectivity index (χ2v) is 10.5. The van der Waals surface area contributed by atoms with E-state index in [0.29, 0.717) is 18.3 Å². The molecule has 39 heavy (non-hydrogen) atoms. The van der Waals surface area contributed by atoms with Gasteiger partial charge in [-0.3, -0.25) is 10.2 Å². The maximum absolute atomic E-state index is 13.0. The molecule has 2 aliphatic heterocycles. The van der Waals surface area contributed by atoms with Gasteiger partial charge in [0.1, 0.15) is 23.1 Å². The van der Waals surface area contributed by atoms with Crippen LogP contribution in [0, 0.1) is 5.41 Å². The minimum absolute atomic E-state index is 0.0677. The zero-order valence-electron chi connectivity index (χ0n) is 22.4. The largest absolute Gasteiger partial charge is 0.497 e. The number of aromatic nitrogens is 1. The molecular formula is C30H33N5O3S. The molecule has 0 radical (unpaired) electrons. The second kappa shape index (κ2) is 12.3. The van der Waals surface area contributed by atoms with Crippen LogP contribution in [0.4, 0.5) is 0 Å². The predicted octanol–water partition coefficient (Wildman–Crippen LogP) is 6.71. The predicted molar refractivity (Wildman–Crippen MR) is 159 cm³/mol. The van der Waals surface area contributed by atoms with Crippen molar-refractivity contribution < 1.29 is 14.3 Å². The topological polar surface area (TPSA) is 92.3 Å². The normalized spacial score (nSPS) is 16.1. The Balaban J connectivity index is 1.31. The molecule has 0 aliphatic carbocycles. The fourth-order valence-corrected chi connectivity index (χ4v) is 5.60. The zero-order chi connectivity index (χ0) is 27.2. The molecule has 1 amide bonds. The van der Waals surface area contributed by atoms with E-state index in [1.165, 1.54) is 36.0 Å². The van der Waals surface area contributed by atoms with Gasteiger partial charge in [0, 0.05) is 22.7 Å². The maximum atomic E-state index is 13.0. The summed E-state index contributed by atoms with van der Waals surface area (Å²) in [5.41, 5.74) is 2.13. The van der Waals surface area contributed by atoms with Gasteiger partial charge in [0.15, 0.2) is 5.84 Å². The molecule has 202 valence electrons. The Morgan fingerprint density at radius 2 is 1.79 bits per heavy atom. The number of hydrogen-bond acceptors (Lipinski definition) is 6. The Kier molecular flexibility index (Phi) is 8.46. The van der Waals surface area contributed by atoms with Crippen LogP contribution >= 0.6 is 11.8 Å². The van der Waals surface area contributed by atoms with E-state index in [1.54, 1.807) is 13.2 Å². The van der Waals surface area contributed by atoms with Gasteiger partial charge in [0.2, 0.25) is 5.17 Å². The fourth-order valence-electron chi connectivity index (χ4n) is 4.68. The van der Waals surface area contributed by atoms with Gasteiger partial charge in [0.05, 0.1) is 19.2 Å². The second-order valence-electron chi connectivity index (χ2n) is 9.50. The number of amidine groups is 2. The number of thioether (sulfide) groups is 1. The molecule has 2 aliphatic rings. The highest BCUT2D eigenvalue weighted by atomic mass is 32.2. The Labute approximate surface area is 232 Å². The van der Waals surface area contributed by atoms with Crippen LogP contribution in [0.15, 0.2) is 70.4 Å². The van der Waals surface area contributed by atoms with Crippen LogP contribution in [-0.4, -0.2) is 45.2 Å². The minimum Gasteiger partial charge on any atom is -0.497 e. The van der Waals surface area contributed by atoms with Crippen molar-refractivity contribution in [3.8, 4) is 11.5 Å². The summed E-state index contributed by atoms with van der Waals surface area (Å²) in [6.45, 7) is 3.30. The molecule has 0 saturated heterocycles. The lowest BCUT2D eigenvalue weighted by Gasteiger charge is -2.20. The molecule has 2 aromatic carbocycles. The number of benzene rings is 2.